The lowest BCUT2D eigenvalue weighted by Crippen LogP contribution is -2.37. The van der Waals surface area contributed by atoms with E-state index in [9.17, 15) is 8.42 Å². The van der Waals surface area contributed by atoms with Crippen molar-refractivity contribution in [3.8, 4) is 0 Å². The van der Waals surface area contributed by atoms with E-state index in [1.54, 1.807) is 6.92 Å². The molecule has 0 amide bonds. The Bertz CT molecular complexity index is 506. The second-order valence-corrected chi connectivity index (χ2v) is 6.51. The van der Waals surface area contributed by atoms with E-state index in [1.807, 2.05) is 0 Å². The molecule has 4 nitrogen and oxygen atoms in total. The van der Waals surface area contributed by atoms with Gasteiger partial charge in [0, 0.05) is 11.1 Å². The molecular formula is C10H12Cl3NO3S. The lowest BCUT2D eigenvalue weighted by molar-refractivity contribution is 0.254. The SMILES string of the molecule is CC[C@@H](CO)NS(=O)(=O)c1c(Cl)cc(Cl)cc1Cl. The number of hydrogen-bond donors (Lipinski definition) is 2. The number of hydrogen-bond acceptors (Lipinski definition) is 3. The Morgan fingerprint density at radius 2 is 1.78 bits per heavy atom. The fourth-order valence-corrected chi connectivity index (χ4v) is 4.17. The van der Waals surface area contributed by atoms with Gasteiger partial charge in [-0.25, -0.2) is 13.1 Å². The van der Waals surface area contributed by atoms with Crippen molar-refractivity contribution in [1.82, 2.24) is 4.72 Å². The minimum Gasteiger partial charge on any atom is -0.395 e. The molecule has 0 saturated heterocycles. The van der Waals surface area contributed by atoms with E-state index >= 15 is 0 Å². The van der Waals surface area contributed by atoms with Gasteiger partial charge in [0.2, 0.25) is 10.0 Å². The smallest absolute Gasteiger partial charge is 0.243 e. The Kier molecular flexibility index (Phi) is 5.70. The van der Waals surface area contributed by atoms with Gasteiger partial charge < -0.3 is 5.11 Å². The number of sulfonamides is 1. The van der Waals surface area contributed by atoms with Crippen LogP contribution in [-0.2, 0) is 10.0 Å². The van der Waals surface area contributed by atoms with E-state index in [0.717, 1.165) is 0 Å². The largest absolute Gasteiger partial charge is 0.395 e. The second kappa shape index (κ2) is 6.41. The zero-order chi connectivity index (χ0) is 13.9. The van der Waals surface area contributed by atoms with E-state index < -0.39 is 16.1 Å². The fourth-order valence-electron chi connectivity index (χ4n) is 1.31. The third kappa shape index (κ3) is 3.73. The molecule has 1 atom stereocenters. The van der Waals surface area contributed by atoms with Crippen LogP contribution in [-0.4, -0.2) is 26.2 Å². The lowest BCUT2D eigenvalue weighted by atomic mass is 10.3. The standard InChI is InChI=1S/C10H12Cl3NO3S/c1-2-7(5-15)14-18(16,17)10-8(12)3-6(11)4-9(10)13/h3-4,7,14-15H,2,5H2,1H3/t7-/m0/s1. The molecule has 0 spiro atoms. The number of aliphatic hydroxyl groups excluding tert-OH is 1. The molecule has 0 saturated carbocycles. The number of nitrogens with one attached hydrogen (secondary N) is 1. The Morgan fingerprint density at radius 1 is 1.28 bits per heavy atom. The molecule has 0 heterocycles. The average Bonchev–Trinajstić information content (AvgIpc) is 2.23. The maximum Gasteiger partial charge on any atom is 0.243 e. The van der Waals surface area contributed by atoms with Crippen LogP contribution < -0.4 is 4.72 Å². The summed E-state index contributed by atoms with van der Waals surface area (Å²) >= 11 is 17.4. The van der Waals surface area contributed by atoms with Gasteiger partial charge in [-0.3, -0.25) is 0 Å². The van der Waals surface area contributed by atoms with Crippen LogP contribution in [0.3, 0.4) is 0 Å². The Labute approximate surface area is 121 Å². The minimum atomic E-state index is -3.89. The van der Waals surface area contributed by atoms with Crippen molar-refractivity contribution in [2.24, 2.45) is 0 Å². The molecule has 0 aromatic heterocycles. The molecule has 0 aliphatic heterocycles. The molecule has 0 aliphatic rings. The van der Waals surface area contributed by atoms with Crippen molar-refractivity contribution in [3.05, 3.63) is 27.2 Å². The van der Waals surface area contributed by atoms with Crippen LogP contribution in [0.5, 0.6) is 0 Å². The highest BCUT2D eigenvalue weighted by atomic mass is 35.5. The Hall–Kier alpha value is -0.0400. The molecule has 2 N–H and O–H groups in total. The van der Waals surface area contributed by atoms with Crippen LogP contribution in [0.2, 0.25) is 15.1 Å². The van der Waals surface area contributed by atoms with Gasteiger partial charge in [-0.15, -0.1) is 0 Å². The van der Waals surface area contributed by atoms with Gasteiger partial charge >= 0.3 is 0 Å². The number of rotatable bonds is 5. The lowest BCUT2D eigenvalue weighted by Gasteiger charge is -2.16. The van der Waals surface area contributed by atoms with Gasteiger partial charge in [0.05, 0.1) is 16.7 Å². The van der Waals surface area contributed by atoms with Crippen LogP contribution in [0.25, 0.3) is 0 Å². The highest BCUT2D eigenvalue weighted by molar-refractivity contribution is 7.89. The van der Waals surface area contributed by atoms with Crippen molar-refractivity contribution in [1.29, 1.82) is 0 Å². The van der Waals surface area contributed by atoms with Gasteiger partial charge in [0.1, 0.15) is 4.90 Å². The first-order chi connectivity index (χ1) is 8.31. The summed E-state index contributed by atoms with van der Waals surface area (Å²) in [7, 11) is -3.89. The first-order valence-corrected chi connectivity index (χ1v) is 7.71. The summed E-state index contributed by atoms with van der Waals surface area (Å²) in [6.45, 7) is 1.44. The fraction of sp³-hybridized carbons (Fsp3) is 0.400. The summed E-state index contributed by atoms with van der Waals surface area (Å²) in [6, 6.07) is 2.00. The quantitative estimate of drug-likeness (QED) is 0.871. The average molecular weight is 333 g/mol. The van der Waals surface area contributed by atoms with Crippen molar-refractivity contribution in [2.45, 2.75) is 24.3 Å². The molecule has 0 bridgehead atoms. The number of halogens is 3. The van der Waals surface area contributed by atoms with E-state index in [0.29, 0.717) is 6.42 Å². The molecule has 1 aromatic rings. The van der Waals surface area contributed by atoms with Gasteiger partial charge in [0.25, 0.3) is 0 Å². The summed E-state index contributed by atoms with van der Waals surface area (Å²) in [5.74, 6) is 0. The molecule has 0 unspecified atom stereocenters. The highest BCUT2D eigenvalue weighted by Gasteiger charge is 2.24. The van der Waals surface area contributed by atoms with Gasteiger partial charge in [-0.05, 0) is 18.6 Å². The topological polar surface area (TPSA) is 66.4 Å². The number of benzene rings is 1. The molecule has 0 radical (unpaired) electrons. The van der Waals surface area contributed by atoms with Crippen molar-refractivity contribution < 1.29 is 13.5 Å². The van der Waals surface area contributed by atoms with Crippen LogP contribution in [0.4, 0.5) is 0 Å². The molecule has 1 aromatic carbocycles. The van der Waals surface area contributed by atoms with Crippen molar-refractivity contribution in [3.63, 3.8) is 0 Å². The van der Waals surface area contributed by atoms with Gasteiger partial charge in [-0.1, -0.05) is 41.7 Å². The highest BCUT2D eigenvalue weighted by Crippen LogP contribution is 2.32. The second-order valence-electron chi connectivity index (χ2n) is 3.61. The maximum absolute atomic E-state index is 12.1. The van der Waals surface area contributed by atoms with Gasteiger partial charge in [-0.2, -0.15) is 0 Å². The molecule has 8 heteroatoms. The summed E-state index contributed by atoms with van der Waals surface area (Å²) in [5.41, 5.74) is 0. The molecule has 0 aliphatic carbocycles. The third-order valence-corrected chi connectivity index (χ3v) is 4.93. The molecule has 1 rings (SSSR count). The summed E-state index contributed by atoms with van der Waals surface area (Å²) in [4.78, 5) is -0.234. The molecule has 0 fully saturated rings. The zero-order valence-corrected chi connectivity index (χ0v) is 12.5. The van der Waals surface area contributed by atoms with E-state index in [1.165, 1.54) is 12.1 Å². The summed E-state index contributed by atoms with van der Waals surface area (Å²) in [5, 5.41) is 9.13. The van der Waals surface area contributed by atoms with E-state index in [2.05, 4.69) is 4.72 Å². The van der Waals surface area contributed by atoms with Crippen molar-refractivity contribution in [2.75, 3.05) is 6.61 Å². The van der Waals surface area contributed by atoms with E-state index in [-0.39, 0.29) is 26.6 Å². The predicted octanol–water partition coefficient (Wildman–Crippen LogP) is 2.70. The zero-order valence-electron chi connectivity index (χ0n) is 9.45. The maximum atomic E-state index is 12.1. The Balaban J connectivity index is 3.21. The summed E-state index contributed by atoms with van der Waals surface area (Å²) in [6.07, 6.45) is 0.443. The van der Waals surface area contributed by atoms with E-state index in [4.69, 9.17) is 39.9 Å². The van der Waals surface area contributed by atoms with Crippen molar-refractivity contribution >= 4 is 44.8 Å². The predicted molar refractivity (Wildman–Crippen MR) is 73.0 cm³/mol. The third-order valence-electron chi connectivity index (χ3n) is 2.27. The molecular weight excluding hydrogens is 321 g/mol. The minimum absolute atomic E-state index is 0.0622. The first kappa shape index (κ1) is 16.0. The van der Waals surface area contributed by atoms with Crippen LogP contribution >= 0.6 is 34.8 Å². The molecule has 18 heavy (non-hydrogen) atoms. The molecule has 102 valence electrons. The Morgan fingerprint density at radius 3 is 2.17 bits per heavy atom. The van der Waals surface area contributed by atoms with Gasteiger partial charge in [0.15, 0.2) is 0 Å². The monoisotopic (exact) mass is 331 g/mol. The number of aliphatic hydroxyl groups is 1. The van der Waals surface area contributed by atoms with Crippen LogP contribution in [0.15, 0.2) is 17.0 Å². The van der Waals surface area contributed by atoms with Crippen LogP contribution in [0.1, 0.15) is 13.3 Å². The van der Waals surface area contributed by atoms with Crippen LogP contribution in [0, 0.1) is 0 Å². The normalized spacial score (nSPS) is 13.6. The summed E-state index contributed by atoms with van der Waals surface area (Å²) < 4.78 is 26.5. The first-order valence-electron chi connectivity index (χ1n) is 5.09.